The topological polar surface area (TPSA) is 134 Å². The normalized spacial score (nSPS) is 16.8. The van der Waals surface area contributed by atoms with Crippen molar-refractivity contribution < 1.29 is 38.2 Å². The molecular formula is C28H30N4O8. The zero-order valence-electron chi connectivity index (χ0n) is 21.9. The van der Waals surface area contributed by atoms with Gasteiger partial charge in [0, 0.05) is 13.1 Å². The summed E-state index contributed by atoms with van der Waals surface area (Å²) in [5, 5.41) is 0. The van der Waals surface area contributed by atoms with Crippen LogP contribution < -0.4 is 0 Å². The second kappa shape index (κ2) is 13.6. The summed E-state index contributed by atoms with van der Waals surface area (Å²) < 4.78 is 10.2. The number of nitrogens with zero attached hydrogens (tertiary/aromatic N) is 4. The predicted molar refractivity (Wildman–Crippen MR) is 139 cm³/mol. The summed E-state index contributed by atoms with van der Waals surface area (Å²) in [4.78, 5) is 79.3. The number of amides is 4. The number of hydrogen-bond acceptors (Lipinski definition) is 10. The number of piperazine rings is 2. The number of ether oxygens (including phenoxy) is 2. The van der Waals surface area contributed by atoms with Crippen molar-refractivity contribution in [2.24, 2.45) is 0 Å². The van der Waals surface area contributed by atoms with Gasteiger partial charge in [-0.15, -0.1) is 0 Å². The standard InChI is InChI=1S/C28H30N4O8/c33-23-15-29(16-24(34)31(23)19-39-27(37)13-21-7-3-1-4-8-21)11-12-30-17-25(35)32(26(36)18-30)20-40-28(38)14-22-9-5-2-6-10-22/h1-10H,11-20H2. The van der Waals surface area contributed by atoms with Gasteiger partial charge in [-0.05, 0) is 11.1 Å². The maximum Gasteiger partial charge on any atom is 0.311 e. The van der Waals surface area contributed by atoms with Crippen LogP contribution in [-0.2, 0) is 51.1 Å². The Hall–Kier alpha value is -4.42. The van der Waals surface area contributed by atoms with E-state index in [0.717, 1.165) is 20.9 Å². The van der Waals surface area contributed by atoms with E-state index in [4.69, 9.17) is 9.47 Å². The number of carbonyl (C=O) groups excluding carboxylic acids is 6. The van der Waals surface area contributed by atoms with E-state index in [1.54, 1.807) is 58.3 Å². The van der Waals surface area contributed by atoms with Crippen LogP contribution in [0.1, 0.15) is 11.1 Å². The Morgan fingerprint density at radius 2 is 0.875 bits per heavy atom. The molecule has 2 heterocycles. The van der Waals surface area contributed by atoms with Gasteiger partial charge in [0.25, 0.3) is 0 Å². The highest BCUT2D eigenvalue weighted by Crippen LogP contribution is 2.10. The van der Waals surface area contributed by atoms with E-state index in [1.807, 2.05) is 12.1 Å². The first-order valence-corrected chi connectivity index (χ1v) is 12.8. The van der Waals surface area contributed by atoms with Crippen molar-refractivity contribution in [2.75, 3.05) is 52.7 Å². The Bertz CT molecular complexity index is 1120. The number of carbonyl (C=O) groups is 6. The Kier molecular flexibility index (Phi) is 9.71. The van der Waals surface area contributed by atoms with Gasteiger partial charge in [0.05, 0.1) is 39.0 Å². The largest absolute Gasteiger partial charge is 0.443 e. The molecule has 2 aliphatic heterocycles. The first-order chi connectivity index (χ1) is 19.3. The minimum absolute atomic E-state index is 0.0318. The molecule has 0 aliphatic carbocycles. The fourth-order valence-electron chi connectivity index (χ4n) is 4.28. The molecule has 0 radical (unpaired) electrons. The molecule has 12 heteroatoms. The van der Waals surface area contributed by atoms with Gasteiger partial charge in [0.15, 0.2) is 13.5 Å². The van der Waals surface area contributed by atoms with Crippen LogP contribution in [0.15, 0.2) is 60.7 Å². The first-order valence-electron chi connectivity index (χ1n) is 12.8. The van der Waals surface area contributed by atoms with E-state index >= 15 is 0 Å². The molecule has 0 bridgehead atoms. The molecule has 0 saturated carbocycles. The van der Waals surface area contributed by atoms with Crippen molar-refractivity contribution in [3.8, 4) is 0 Å². The molecule has 0 spiro atoms. The van der Waals surface area contributed by atoms with E-state index < -0.39 is 49.0 Å². The van der Waals surface area contributed by atoms with Gasteiger partial charge in [0.2, 0.25) is 23.6 Å². The van der Waals surface area contributed by atoms with Crippen LogP contribution in [0.4, 0.5) is 0 Å². The number of imide groups is 2. The minimum Gasteiger partial charge on any atom is -0.443 e. The Morgan fingerprint density at radius 3 is 1.20 bits per heavy atom. The predicted octanol–water partition coefficient (Wildman–Crippen LogP) is -0.185. The summed E-state index contributed by atoms with van der Waals surface area (Å²) >= 11 is 0. The molecule has 0 N–H and O–H groups in total. The molecule has 2 aromatic carbocycles. The van der Waals surface area contributed by atoms with Gasteiger partial charge < -0.3 is 9.47 Å². The van der Waals surface area contributed by atoms with Gasteiger partial charge in [-0.1, -0.05) is 60.7 Å². The summed E-state index contributed by atoms with van der Waals surface area (Å²) in [6, 6.07) is 18.0. The van der Waals surface area contributed by atoms with Crippen LogP contribution in [0.25, 0.3) is 0 Å². The second-order valence-corrected chi connectivity index (χ2v) is 9.47. The van der Waals surface area contributed by atoms with Crippen molar-refractivity contribution in [2.45, 2.75) is 12.8 Å². The highest BCUT2D eigenvalue weighted by atomic mass is 16.6. The summed E-state index contributed by atoms with van der Waals surface area (Å²) in [6.07, 6.45) is 0.0635. The quantitative estimate of drug-likeness (QED) is 0.274. The van der Waals surface area contributed by atoms with E-state index in [1.165, 1.54) is 0 Å². The average molecular weight is 551 g/mol. The molecular weight excluding hydrogens is 520 g/mol. The maximum atomic E-state index is 12.5. The van der Waals surface area contributed by atoms with Crippen molar-refractivity contribution in [3.05, 3.63) is 71.8 Å². The second-order valence-electron chi connectivity index (χ2n) is 9.47. The third-order valence-corrected chi connectivity index (χ3v) is 6.46. The summed E-state index contributed by atoms with van der Waals surface area (Å²) in [5.74, 6) is -3.10. The average Bonchev–Trinajstić information content (AvgIpc) is 2.92. The SMILES string of the molecule is O=C(Cc1ccccc1)OCN1C(=O)CN(CCN2CC(=O)N(COC(=O)Cc3ccccc3)C(=O)C2)CC1=O. The number of hydrogen-bond donors (Lipinski definition) is 0. The van der Waals surface area contributed by atoms with Gasteiger partial charge in [-0.3, -0.25) is 38.6 Å². The maximum absolute atomic E-state index is 12.5. The van der Waals surface area contributed by atoms with Gasteiger partial charge in [-0.2, -0.15) is 0 Å². The molecule has 210 valence electrons. The highest BCUT2D eigenvalue weighted by molar-refractivity contribution is 6.00. The van der Waals surface area contributed by atoms with Crippen molar-refractivity contribution in [1.82, 2.24) is 19.6 Å². The molecule has 4 amide bonds. The lowest BCUT2D eigenvalue weighted by Crippen LogP contribution is -2.58. The lowest BCUT2D eigenvalue weighted by atomic mass is 10.2. The van der Waals surface area contributed by atoms with Crippen LogP contribution in [0.2, 0.25) is 0 Å². The molecule has 12 nitrogen and oxygen atoms in total. The van der Waals surface area contributed by atoms with Gasteiger partial charge in [-0.25, -0.2) is 9.80 Å². The molecule has 2 aliphatic rings. The third kappa shape index (κ3) is 8.04. The molecule has 0 atom stereocenters. The lowest BCUT2D eigenvalue weighted by molar-refractivity contribution is -0.166. The molecule has 2 fully saturated rings. The van der Waals surface area contributed by atoms with Crippen LogP contribution in [-0.4, -0.2) is 108 Å². The number of esters is 2. The molecule has 0 aromatic heterocycles. The lowest BCUT2D eigenvalue weighted by Gasteiger charge is -2.35. The van der Waals surface area contributed by atoms with E-state index in [2.05, 4.69) is 0 Å². The zero-order valence-corrected chi connectivity index (χ0v) is 21.9. The summed E-state index contributed by atoms with van der Waals surface area (Å²) in [7, 11) is 0. The summed E-state index contributed by atoms with van der Waals surface area (Å²) in [6.45, 7) is -0.627. The molecule has 2 aromatic rings. The molecule has 2 saturated heterocycles. The van der Waals surface area contributed by atoms with Crippen LogP contribution >= 0.6 is 0 Å². The van der Waals surface area contributed by atoms with Gasteiger partial charge in [0.1, 0.15) is 0 Å². The van der Waals surface area contributed by atoms with Gasteiger partial charge >= 0.3 is 11.9 Å². The van der Waals surface area contributed by atoms with Crippen molar-refractivity contribution >= 4 is 35.6 Å². The van der Waals surface area contributed by atoms with Crippen LogP contribution in [0.5, 0.6) is 0 Å². The zero-order chi connectivity index (χ0) is 28.5. The molecule has 4 rings (SSSR count). The van der Waals surface area contributed by atoms with Crippen molar-refractivity contribution in [1.29, 1.82) is 0 Å². The van der Waals surface area contributed by atoms with Crippen LogP contribution in [0.3, 0.4) is 0 Å². The Labute approximate surface area is 231 Å². The van der Waals surface area contributed by atoms with E-state index in [9.17, 15) is 28.8 Å². The number of rotatable bonds is 11. The summed E-state index contributed by atoms with van der Waals surface area (Å²) in [5.41, 5.74) is 1.52. The molecule has 40 heavy (non-hydrogen) atoms. The van der Waals surface area contributed by atoms with Crippen LogP contribution in [0, 0.1) is 0 Å². The van der Waals surface area contributed by atoms with E-state index in [-0.39, 0.29) is 52.1 Å². The Balaban J connectivity index is 1.16. The molecule has 0 unspecified atom stereocenters. The third-order valence-electron chi connectivity index (χ3n) is 6.46. The monoisotopic (exact) mass is 550 g/mol. The number of benzene rings is 2. The van der Waals surface area contributed by atoms with E-state index in [0.29, 0.717) is 0 Å². The fourth-order valence-corrected chi connectivity index (χ4v) is 4.28. The van der Waals surface area contributed by atoms with Crippen molar-refractivity contribution in [3.63, 3.8) is 0 Å². The minimum atomic E-state index is -0.548. The fraction of sp³-hybridized carbons (Fsp3) is 0.357. The highest BCUT2D eigenvalue weighted by Gasteiger charge is 2.34. The smallest absolute Gasteiger partial charge is 0.311 e. The first kappa shape index (κ1) is 28.6. The Morgan fingerprint density at radius 1 is 0.550 bits per heavy atom.